The zero-order chi connectivity index (χ0) is 51.9. The van der Waals surface area contributed by atoms with E-state index >= 15 is 0 Å². The maximum absolute atomic E-state index is 2.69. The van der Waals surface area contributed by atoms with Gasteiger partial charge in [-0.05, 0) is 173 Å². The molecule has 4 atom stereocenters. The lowest BCUT2D eigenvalue weighted by Gasteiger charge is -2.41. The first kappa shape index (κ1) is 48.5. The number of hydrogen-bond acceptors (Lipinski definition) is 1. The summed E-state index contributed by atoms with van der Waals surface area (Å²) in [5, 5.41) is 0. The molecule has 4 unspecified atom stereocenters. The van der Waals surface area contributed by atoms with Gasteiger partial charge in [0.2, 0.25) is 0 Å². The molecule has 0 aliphatic heterocycles. The molecule has 6 aromatic carbocycles. The molecule has 0 bridgehead atoms. The van der Waals surface area contributed by atoms with Crippen molar-refractivity contribution >= 4 is 11.4 Å². The van der Waals surface area contributed by atoms with Gasteiger partial charge in [-0.15, -0.1) is 0 Å². The Bertz CT molecular complexity index is 3480. The summed E-state index contributed by atoms with van der Waals surface area (Å²) in [6.07, 6.45) is 24.6. The SMILES string of the molecule is CC(C)(C)c1cc(-c2cc(C(C)(C)C)cc3c2-c2ccc(C(C)(C)C)cc2C3(c2ccccc2)C2C=CC=CC2)cc(N(C2=CC3=C(CC2)C2C=CC=CC2C3(C)C)c2ccc3c(c2)C(C)(C)c2ccccc2-3)c1. The summed E-state index contributed by atoms with van der Waals surface area (Å²) in [5.41, 5.74) is 25.4. The minimum atomic E-state index is -0.413. The molecule has 0 fully saturated rings. The lowest BCUT2D eigenvalue weighted by molar-refractivity contribution is 0.320. The Balaban J connectivity index is 1.15. The van der Waals surface area contributed by atoms with Gasteiger partial charge in [0.05, 0.1) is 5.41 Å². The molecule has 74 heavy (non-hydrogen) atoms. The van der Waals surface area contributed by atoms with Crippen LogP contribution in [0.4, 0.5) is 11.4 Å². The topological polar surface area (TPSA) is 3.24 Å². The Morgan fingerprint density at radius 3 is 1.89 bits per heavy atom. The van der Waals surface area contributed by atoms with Crippen LogP contribution < -0.4 is 4.90 Å². The summed E-state index contributed by atoms with van der Waals surface area (Å²) in [6, 6.07) is 48.4. The summed E-state index contributed by atoms with van der Waals surface area (Å²) in [5.74, 6) is 1.16. The number of hydrogen-bond donors (Lipinski definition) is 0. The van der Waals surface area contributed by atoms with E-state index in [0.717, 1.165) is 19.3 Å². The van der Waals surface area contributed by atoms with Crippen LogP contribution in [-0.2, 0) is 27.1 Å². The monoisotopic (exact) mass is 968 g/mol. The van der Waals surface area contributed by atoms with Crippen LogP contribution in [0.25, 0.3) is 33.4 Å². The molecule has 0 amide bonds. The van der Waals surface area contributed by atoms with Crippen LogP contribution in [-0.4, -0.2) is 0 Å². The molecule has 0 heterocycles. The molecule has 1 nitrogen and oxygen atoms in total. The molecule has 0 saturated carbocycles. The van der Waals surface area contributed by atoms with Crippen molar-refractivity contribution < 1.29 is 0 Å². The third kappa shape index (κ3) is 7.37. The van der Waals surface area contributed by atoms with Crippen molar-refractivity contribution in [3.63, 3.8) is 0 Å². The second-order valence-electron chi connectivity index (χ2n) is 26.9. The third-order valence-corrected chi connectivity index (χ3v) is 18.6. The minimum absolute atomic E-state index is 0.0152. The van der Waals surface area contributed by atoms with E-state index in [-0.39, 0.29) is 33.0 Å². The minimum Gasteiger partial charge on any atom is -0.314 e. The molecule has 12 rings (SSSR count). The molecule has 374 valence electrons. The second-order valence-corrected chi connectivity index (χ2v) is 26.9. The Labute approximate surface area is 444 Å². The molecule has 6 aliphatic rings. The average molecular weight is 968 g/mol. The van der Waals surface area contributed by atoms with Crippen LogP contribution in [0.15, 0.2) is 193 Å². The van der Waals surface area contributed by atoms with Gasteiger partial charge in [-0.2, -0.15) is 0 Å². The normalized spacial score (nSPS) is 22.7. The Hall–Kier alpha value is -6.44. The fourth-order valence-electron chi connectivity index (χ4n) is 14.4. The first-order valence-corrected chi connectivity index (χ1v) is 27.8. The van der Waals surface area contributed by atoms with Crippen LogP contribution in [0, 0.1) is 23.2 Å². The zero-order valence-corrected chi connectivity index (χ0v) is 46.5. The van der Waals surface area contributed by atoms with E-state index in [9.17, 15) is 0 Å². The van der Waals surface area contributed by atoms with Gasteiger partial charge in [0.1, 0.15) is 0 Å². The molecule has 1 heteroatoms. The number of benzene rings is 6. The van der Waals surface area contributed by atoms with Crippen molar-refractivity contribution in [2.75, 3.05) is 4.90 Å². The highest BCUT2D eigenvalue weighted by molar-refractivity contribution is 5.96. The predicted octanol–water partition coefficient (Wildman–Crippen LogP) is 19.5. The van der Waals surface area contributed by atoms with Crippen LogP contribution in [0.1, 0.15) is 154 Å². The Morgan fingerprint density at radius 1 is 0.500 bits per heavy atom. The maximum Gasteiger partial charge on any atom is 0.0529 e. The van der Waals surface area contributed by atoms with Crippen molar-refractivity contribution in [2.24, 2.45) is 23.2 Å². The third-order valence-electron chi connectivity index (χ3n) is 18.6. The highest BCUT2D eigenvalue weighted by Gasteiger charge is 2.51. The van der Waals surface area contributed by atoms with Gasteiger partial charge in [0, 0.05) is 28.4 Å². The first-order chi connectivity index (χ1) is 35.1. The van der Waals surface area contributed by atoms with Gasteiger partial charge in [0.15, 0.2) is 0 Å². The molecular formula is C73H77N. The number of allylic oxidation sites excluding steroid dienone is 12. The van der Waals surface area contributed by atoms with Crippen molar-refractivity contribution in [1.29, 1.82) is 0 Å². The van der Waals surface area contributed by atoms with E-state index in [1.807, 2.05) is 0 Å². The van der Waals surface area contributed by atoms with E-state index < -0.39 is 5.41 Å². The van der Waals surface area contributed by atoms with Crippen molar-refractivity contribution in [3.8, 4) is 33.4 Å². The van der Waals surface area contributed by atoms with E-state index in [2.05, 4.69) is 271 Å². The van der Waals surface area contributed by atoms with Gasteiger partial charge in [0.25, 0.3) is 0 Å². The summed E-state index contributed by atoms with van der Waals surface area (Å²) in [7, 11) is 0. The summed E-state index contributed by atoms with van der Waals surface area (Å²) >= 11 is 0. The Morgan fingerprint density at radius 2 is 1.16 bits per heavy atom. The van der Waals surface area contributed by atoms with Crippen molar-refractivity contribution in [3.05, 3.63) is 237 Å². The van der Waals surface area contributed by atoms with E-state index in [1.165, 1.54) is 101 Å². The zero-order valence-electron chi connectivity index (χ0n) is 46.5. The van der Waals surface area contributed by atoms with Crippen LogP contribution >= 0.6 is 0 Å². The predicted molar refractivity (Wildman–Crippen MR) is 316 cm³/mol. The molecule has 0 radical (unpaired) electrons. The Kier molecular flexibility index (Phi) is 11.0. The van der Waals surface area contributed by atoms with E-state index in [0.29, 0.717) is 11.8 Å². The van der Waals surface area contributed by atoms with Gasteiger partial charge >= 0.3 is 0 Å². The molecule has 6 aromatic rings. The number of anilines is 2. The number of fused-ring (bicyclic) bond motifs is 8. The standard InChI is InChI=1S/C73H77N/c1-68(2,3)49-32-35-59-65(42-49)73(47-24-16-14-17-25-47,48-26-18-15-19-27-48)66-43-51(70(7,8)9)41-60(67(59)66)46-38-50(69(4,5)6)40-54(39-46)74(52-33-36-57-55-28-20-22-30-61(55)71(10,11)63(57)44-52)53-34-37-58-56-29-21-23-31-62(56)72(12,13)64(58)45-53/h14-26,28-33,35-36,38-45,48,56,62H,27,34,37H2,1-13H3. The maximum atomic E-state index is 2.69. The van der Waals surface area contributed by atoms with Crippen LogP contribution in [0.5, 0.6) is 0 Å². The lowest BCUT2D eigenvalue weighted by atomic mass is 9.61. The smallest absolute Gasteiger partial charge is 0.0529 e. The summed E-state index contributed by atoms with van der Waals surface area (Å²) < 4.78 is 0. The van der Waals surface area contributed by atoms with Crippen LogP contribution in [0.2, 0.25) is 0 Å². The summed E-state index contributed by atoms with van der Waals surface area (Å²) in [4.78, 5) is 2.69. The van der Waals surface area contributed by atoms with Crippen molar-refractivity contribution in [2.45, 2.75) is 136 Å². The van der Waals surface area contributed by atoms with E-state index in [4.69, 9.17) is 0 Å². The molecule has 0 saturated heterocycles. The summed E-state index contributed by atoms with van der Waals surface area (Å²) in [6.45, 7) is 31.4. The second kappa shape index (κ2) is 16.8. The quantitative estimate of drug-likeness (QED) is 0.161. The highest BCUT2D eigenvalue weighted by Crippen LogP contribution is 2.62. The molecule has 6 aliphatic carbocycles. The van der Waals surface area contributed by atoms with Crippen LogP contribution in [0.3, 0.4) is 0 Å². The van der Waals surface area contributed by atoms with Gasteiger partial charge in [-0.25, -0.2) is 0 Å². The lowest BCUT2D eigenvalue weighted by Crippen LogP contribution is -2.36. The van der Waals surface area contributed by atoms with Gasteiger partial charge in [-0.1, -0.05) is 235 Å². The van der Waals surface area contributed by atoms with Crippen molar-refractivity contribution in [1.82, 2.24) is 0 Å². The molecule has 0 N–H and O–H groups in total. The first-order valence-electron chi connectivity index (χ1n) is 27.8. The fraction of sp³-hybridized carbons (Fsp3) is 0.342. The molecule has 0 spiro atoms. The van der Waals surface area contributed by atoms with Gasteiger partial charge < -0.3 is 4.90 Å². The van der Waals surface area contributed by atoms with Gasteiger partial charge in [-0.3, -0.25) is 0 Å². The number of rotatable bonds is 6. The number of nitrogens with zero attached hydrogens (tertiary/aromatic N) is 1. The van der Waals surface area contributed by atoms with E-state index in [1.54, 1.807) is 5.57 Å². The fourth-order valence-corrected chi connectivity index (χ4v) is 14.4. The largest absolute Gasteiger partial charge is 0.314 e. The molecular weight excluding hydrogens is 891 g/mol. The molecule has 0 aromatic heterocycles. The average Bonchev–Trinajstić information content (AvgIpc) is 3.93. The highest BCUT2D eigenvalue weighted by atomic mass is 15.2.